The molecule has 8 heteroatoms. The van der Waals surface area contributed by atoms with E-state index in [9.17, 15) is 14.4 Å². The van der Waals surface area contributed by atoms with Crippen LogP contribution in [-0.2, 0) is 9.53 Å². The summed E-state index contributed by atoms with van der Waals surface area (Å²) in [6.45, 7) is 13.8. The molecule has 0 bridgehead atoms. The average Bonchev–Trinajstić information content (AvgIpc) is 3.59. The fourth-order valence-corrected chi connectivity index (χ4v) is 12.6. The highest BCUT2D eigenvalue weighted by atomic mass is 16.6. The first-order chi connectivity index (χ1) is 29.4. The van der Waals surface area contributed by atoms with Gasteiger partial charge in [-0.15, -0.1) is 0 Å². The van der Waals surface area contributed by atoms with E-state index in [0.717, 1.165) is 92.6 Å². The number of benzene rings is 1. The second-order valence-corrected chi connectivity index (χ2v) is 20.9. The highest BCUT2D eigenvalue weighted by Gasteiger charge is 2.59. The Balaban J connectivity index is 0.899. The van der Waals surface area contributed by atoms with Gasteiger partial charge in [0.05, 0.1) is 6.61 Å². The Morgan fingerprint density at radius 2 is 1.38 bits per heavy atom. The Kier molecular flexibility index (Phi) is 19.9. The van der Waals surface area contributed by atoms with Crippen molar-refractivity contribution in [3.63, 3.8) is 0 Å². The van der Waals surface area contributed by atoms with Crippen LogP contribution >= 0.6 is 0 Å². The van der Waals surface area contributed by atoms with Gasteiger partial charge in [0.15, 0.2) is 0 Å². The average molecular weight is 847 g/mol. The van der Waals surface area contributed by atoms with Crippen LogP contribution in [-0.4, -0.2) is 48.9 Å². The van der Waals surface area contributed by atoms with Crippen LogP contribution in [0.3, 0.4) is 0 Å². The molecule has 3 fully saturated rings. The van der Waals surface area contributed by atoms with Crippen LogP contribution in [0, 0.1) is 46.3 Å². The third-order valence-electron chi connectivity index (χ3n) is 16.1. The molecule has 61 heavy (non-hydrogen) atoms. The molecule has 1 aromatic carbocycles. The number of allylic oxidation sites excluding steroid dienone is 1. The number of carboxylic acids is 1. The van der Waals surface area contributed by atoms with Gasteiger partial charge in [-0.05, 0) is 128 Å². The number of hydrogen-bond donors (Lipinski definition) is 3. The van der Waals surface area contributed by atoms with E-state index in [-0.39, 0.29) is 17.4 Å². The molecule has 3 saturated carbocycles. The summed E-state index contributed by atoms with van der Waals surface area (Å²) in [5.74, 6) is 4.84. The predicted octanol–water partition coefficient (Wildman–Crippen LogP) is 13.5. The number of carboxylic acid groups (broad SMARTS) is 1. The smallest absolute Gasteiger partial charge is 0.407 e. The molecule has 0 heterocycles. The topological polar surface area (TPSA) is 114 Å². The standard InChI is InChI=1S/C53H86N2O6/c1-39(2)20-19-21-40(3)46-29-30-47-45-28-25-42-38-44(31-33-52(42,4)48(45)32-34-53(46,47)5)61-51(59)55-36-35-54-50(58)41-23-26-43(27-24-41)60-37-18-16-14-12-10-8-6-7-9-11-13-15-17-22-49(56)57/h23-27,39-40,44-48H,6-22,28-38H2,1-5H3,(H,54,58)(H,55,59)(H,56,57)/t40-,44+,45+,46-,47+,48+,52+,53-/m1/s1. The predicted molar refractivity (Wildman–Crippen MR) is 248 cm³/mol. The molecule has 1 aromatic rings. The largest absolute Gasteiger partial charge is 0.494 e. The van der Waals surface area contributed by atoms with Crippen molar-refractivity contribution in [3.8, 4) is 5.75 Å². The van der Waals surface area contributed by atoms with E-state index in [0.29, 0.717) is 37.1 Å². The Labute approximate surface area is 370 Å². The van der Waals surface area contributed by atoms with Gasteiger partial charge in [-0.1, -0.05) is 136 Å². The number of fused-ring (bicyclic) bond motifs is 5. The molecule has 2 amide bonds. The minimum Gasteiger partial charge on any atom is -0.494 e. The van der Waals surface area contributed by atoms with Crippen molar-refractivity contribution in [2.75, 3.05) is 19.7 Å². The molecule has 0 aliphatic heterocycles. The monoisotopic (exact) mass is 847 g/mol. The number of hydrogen-bond acceptors (Lipinski definition) is 5. The summed E-state index contributed by atoms with van der Waals surface area (Å²) in [5.41, 5.74) is 2.83. The quantitative estimate of drug-likeness (QED) is 0.0600. The van der Waals surface area contributed by atoms with Gasteiger partial charge >= 0.3 is 12.1 Å². The summed E-state index contributed by atoms with van der Waals surface area (Å²) in [4.78, 5) is 36.2. The van der Waals surface area contributed by atoms with Gasteiger partial charge in [-0.3, -0.25) is 9.59 Å². The Hall–Kier alpha value is -3.03. The van der Waals surface area contributed by atoms with Crippen molar-refractivity contribution < 1.29 is 29.0 Å². The second-order valence-electron chi connectivity index (χ2n) is 20.9. The van der Waals surface area contributed by atoms with Gasteiger partial charge < -0.3 is 25.2 Å². The molecule has 8 nitrogen and oxygen atoms in total. The SMILES string of the molecule is CC(C)CCC[C@@H](C)[C@H]1CC[C@H]2[C@@H]3CC=C4C[C@@H](OC(=O)NCCNC(=O)c5ccc(OCCCCCCCCCCCCCCCC(=O)O)cc5)CC[C@]4(C)[C@H]3CC[C@]12C. The van der Waals surface area contributed by atoms with E-state index in [1.165, 1.54) is 108 Å². The summed E-state index contributed by atoms with van der Waals surface area (Å²) in [6, 6.07) is 7.28. The van der Waals surface area contributed by atoms with Gasteiger partial charge in [0.2, 0.25) is 0 Å². The van der Waals surface area contributed by atoms with Crippen molar-refractivity contribution in [2.45, 2.75) is 201 Å². The summed E-state index contributed by atoms with van der Waals surface area (Å²) in [5, 5.41) is 14.5. The number of rotatable bonds is 27. The number of amides is 2. The molecule has 0 saturated heterocycles. The number of aliphatic carboxylic acids is 1. The summed E-state index contributed by atoms with van der Waals surface area (Å²) in [6.07, 6.45) is 31.5. The number of unbranched alkanes of at least 4 members (excludes halogenated alkanes) is 12. The first-order valence-electron chi connectivity index (χ1n) is 25.3. The molecule has 0 radical (unpaired) electrons. The zero-order valence-electron chi connectivity index (χ0n) is 39.2. The van der Waals surface area contributed by atoms with Crippen LogP contribution in [0.2, 0.25) is 0 Å². The fraction of sp³-hybridized carbons (Fsp3) is 0.792. The lowest BCUT2D eigenvalue weighted by atomic mass is 9.47. The third kappa shape index (κ3) is 14.5. The van der Waals surface area contributed by atoms with Gasteiger partial charge in [0.1, 0.15) is 11.9 Å². The molecule has 0 unspecified atom stereocenters. The van der Waals surface area contributed by atoms with Crippen LogP contribution in [0.25, 0.3) is 0 Å². The maximum absolute atomic E-state index is 12.8. The number of nitrogens with one attached hydrogen (secondary N) is 2. The molecular weight excluding hydrogens is 761 g/mol. The number of ether oxygens (including phenoxy) is 2. The van der Waals surface area contributed by atoms with Crippen LogP contribution in [0.1, 0.15) is 205 Å². The lowest BCUT2D eigenvalue weighted by Crippen LogP contribution is -2.51. The molecule has 4 aliphatic carbocycles. The van der Waals surface area contributed by atoms with E-state index in [4.69, 9.17) is 14.6 Å². The Bertz CT molecular complexity index is 1520. The van der Waals surface area contributed by atoms with Crippen LogP contribution < -0.4 is 15.4 Å². The van der Waals surface area contributed by atoms with Crippen molar-refractivity contribution in [2.24, 2.45) is 46.3 Å². The number of alkyl carbamates (subject to hydrolysis) is 1. The molecule has 4 aliphatic rings. The molecule has 8 atom stereocenters. The van der Waals surface area contributed by atoms with E-state index in [2.05, 4.69) is 51.3 Å². The van der Waals surface area contributed by atoms with Gasteiger partial charge in [0, 0.05) is 31.5 Å². The Morgan fingerprint density at radius 3 is 2.03 bits per heavy atom. The molecule has 344 valence electrons. The minimum absolute atomic E-state index is 0.0880. The Morgan fingerprint density at radius 1 is 0.738 bits per heavy atom. The van der Waals surface area contributed by atoms with E-state index >= 15 is 0 Å². The van der Waals surface area contributed by atoms with Crippen molar-refractivity contribution in [3.05, 3.63) is 41.5 Å². The maximum atomic E-state index is 12.8. The van der Waals surface area contributed by atoms with Gasteiger partial charge in [0.25, 0.3) is 5.91 Å². The van der Waals surface area contributed by atoms with Gasteiger partial charge in [-0.2, -0.15) is 0 Å². The highest BCUT2D eigenvalue weighted by molar-refractivity contribution is 5.94. The van der Waals surface area contributed by atoms with Crippen LogP contribution in [0.15, 0.2) is 35.9 Å². The molecular formula is C53H86N2O6. The molecule has 0 aromatic heterocycles. The van der Waals surface area contributed by atoms with Crippen molar-refractivity contribution in [1.29, 1.82) is 0 Å². The lowest BCUT2D eigenvalue weighted by molar-refractivity contribution is -0.137. The first-order valence-corrected chi connectivity index (χ1v) is 25.3. The van der Waals surface area contributed by atoms with Gasteiger partial charge in [-0.25, -0.2) is 4.79 Å². The zero-order valence-corrected chi connectivity index (χ0v) is 39.2. The summed E-state index contributed by atoms with van der Waals surface area (Å²) < 4.78 is 11.9. The molecule has 5 rings (SSSR count). The van der Waals surface area contributed by atoms with Crippen LogP contribution in [0.5, 0.6) is 5.75 Å². The summed E-state index contributed by atoms with van der Waals surface area (Å²) in [7, 11) is 0. The number of carbonyl (C=O) groups excluding carboxylic acids is 2. The van der Waals surface area contributed by atoms with Crippen molar-refractivity contribution >= 4 is 18.0 Å². The normalized spacial score (nSPS) is 27.3. The van der Waals surface area contributed by atoms with Crippen LogP contribution in [0.4, 0.5) is 4.79 Å². The van der Waals surface area contributed by atoms with Crippen molar-refractivity contribution in [1.82, 2.24) is 10.6 Å². The molecule has 0 spiro atoms. The third-order valence-corrected chi connectivity index (χ3v) is 16.1. The summed E-state index contributed by atoms with van der Waals surface area (Å²) >= 11 is 0. The number of carbonyl (C=O) groups is 3. The lowest BCUT2D eigenvalue weighted by Gasteiger charge is -2.58. The highest BCUT2D eigenvalue weighted by Crippen LogP contribution is 2.67. The van der Waals surface area contributed by atoms with E-state index < -0.39 is 12.1 Å². The fourth-order valence-electron chi connectivity index (χ4n) is 12.6. The zero-order chi connectivity index (χ0) is 43.7. The maximum Gasteiger partial charge on any atom is 0.407 e. The second kappa shape index (κ2) is 24.7. The first kappa shape index (κ1) is 49.0. The minimum atomic E-state index is -0.681. The van der Waals surface area contributed by atoms with E-state index in [1.807, 2.05) is 12.1 Å². The molecule has 3 N–H and O–H groups in total. The van der Waals surface area contributed by atoms with E-state index in [1.54, 1.807) is 12.1 Å².